The molecule has 6 aliphatic carbocycles. The molecular weight excluding hydrogens is 260 g/mol. The molecule has 2 nitrogen and oxygen atoms in total. The Kier molecular flexibility index (Phi) is 1.29. The van der Waals surface area contributed by atoms with E-state index in [0.717, 1.165) is 42.1 Å². The first-order valence-corrected chi connectivity index (χ1v) is 9.68. The van der Waals surface area contributed by atoms with Crippen LogP contribution in [0.1, 0.15) is 51.4 Å². The summed E-state index contributed by atoms with van der Waals surface area (Å²) in [6.07, 6.45) is 11.5. The van der Waals surface area contributed by atoms with Gasteiger partial charge < -0.3 is 9.47 Å². The van der Waals surface area contributed by atoms with E-state index in [1.54, 1.807) is 6.42 Å². The van der Waals surface area contributed by atoms with Crippen LogP contribution in [-0.2, 0) is 9.47 Å². The summed E-state index contributed by atoms with van der Waals surface area (Å²) >= 11 is 0. The van der Waals surface area contributed by atoms with Crippen molar-refractivity contribution in [3.05, 3.63) is 0 Å². The first kappa shape index (κ1) is 10.6. The van der Waals surface area contributed by atoms with Gasteiger partial charge in [-0.2, -0.15) is 0 Å². The molecule has 6 saturated carbocycles. The van der Waals surface area contributed by atoms with Crippen LogP contribution in [0.4, 0.5) is 0 Å². The van der Waals surface area contributed by atoms with Crippen molar-refractivity contribution in [2.75, 3.05) is 6.61 Å². The van der Waals surface area contributed by atoms with Gasteiger partial charge in [0.25, 0.3) is 0 Å². The average molecular weight is 284 g/mol. The lowest BCUT2D eigenvalue weighted by molar-refractivity contribution is -0.286. The fourth-order valence-electron chi connectivity index (χ4n) is 11.2. The molecule has 0 amide bonds. The van der Waals surface area contributed by atoms with Crippen LogP contribution in [0.2, 0.25) is 0 Å². The summed E-state index contributed by atoms with van der Waals surface area (Å²) in [4.78, 5) is 0. The van der Waals surface area contributed by atoms with Gasteiger partial charge in [0, 0.05) is 16.7 Å². The summed E-state index contributed by atoms with van der Waals surface area (Å²) in [5.74, 6) is 5.77. The summed E-state index contributed by atoms with van der Waals surface area (Å²) < 4.78 is 13.9. The number of ether oxygens (including phenoxy) is 2. The molecule has 3 saturated heterocycles. The second-order valence-corrected chi connectivity index (χ2v) is 9.78. The third kappa shape index (κ3) is 0.592. The largest absolute Gasteiger partial charge is 0.349 e. The SMILES string of the molecule is C1CC[C@]23C4C5CC6C7C5C2(OC1)OC71CCCC[C@@]13C64. The van der Waals surface area contributed by atoms with Crippen molar-refractivity contribution in [2.45, 2.75) is 62.8 Å². The molecule has 2 heteroatoms. The molecule has 9 aliphatic rings. The summed E-state index contributed by atoms with van der Waals surface area (Å²) in [6, 6.07) is 0. The van der Waals surface area contributed by atoms with E-state index in [2.05, 4.69) is 0 Å². The van der Waals surface area contributed by atoms with Gasteiger partial charge in [-0.15, -0.1) is 0 Å². The molecule has 9 rings (SSSR count). The molecule has 10 atom stereocenters. The maximum atomic E-state index is 7.19. The Labute approximate surface area is 125 Å². The van der Waals surface area contributed by atoms with E-state index in [9.17, 15) is 0 Å². The predicted octanol–water partition coefficient (Wildman–Crippen LogP) is 3.35. The van der Waals surface area contributed by atoms with E-state index in [1.807, 2.05) is 0 Å². The van der Waals surface area contributed by atoms with Gasteiger partial charge in [-0.3, -0.25) is 0 Å². The molecule has 4 bridgehead atoms. The highest BCUT2D eigenvalue weighted by molar-refractivity contribution is 5.51. The summed E-state index contributed by atoms with van der Waals surface area (Å²) in [6.45, 7) is 0.978. The molecule has 112 valence electrons. The van der Waals surface area contributed by atoms with Crippen LogP contribution in [0.25, 0.3) is 0 Å². The lowest BCUT2D eigenvalue weighted by Gasteiger charge is -2.68. The van der Waals surface area contributed by atoms with Gasteiger partial charge in [-0.25, -0.2) is 0 Å². The van der Waals surface area contributed by atoms with E-state index < -0.39 is 0 Å². The van der Waals surface area contributed by atoms with E-state index >= 15 is 0 Å². The lowest BCUT2D eigenvalue weighted by atomic mass is 9.33. The van der Waals surface area contributed by atoms with Crippen LogP contribution in [0, 0.1) is 46.3 Å². The fourth-order valence-corrected chi connectivity index (χ4v) is 11.2. The predicted molar refractivity (Wildman–Crippen MR) is 75.2 cm³/mol. The molecule has 0 radical (unpaired) electrons. The van der Waals surface area contributed by atoms with Gasteiger partial charge >= 0.3 is 0 Å². The van der Waals surface area contributed by atoms with Crippen LogP contribution in [-0.4, -0.2) is 18.0 Å². The number of hydrogen-bond acceptors (Lipinski definition) is 2. The van der Waals surface area contributed by atoms with Crippen molar-refractivity contribution in [1.82, 2.24) is 0 Å². The monoisotopic (exact) mass is 284 g/mol. The van der Waals surface area contributed by atoms with Crippen LogP contribution >= 0.6 is 0 Å². The molecule has 0 aromatic rings. The Bertz CT molecular complexity index is 617. The third-order valence-electron chi connectivity index (χ3n) is 10.4. The van der Waals surface area contributed by atoms with Crippen LogP contribution in [0.15, 0.2) is 0 Å². The van der Waals surface area contributed by atoms with E-state index in [4.69, 9.17) is 9.47 Å². The summed E-state index contributed by atoms with van der Waals surface area (Å²) in [7, 11) is 0. The normalized spacial score (nSPS) is 80.0. The molecule has 0 aromatic carbocycles. The Morgan fingerprint density at radius 3 is 2.48 bits per heavy atom. The maximum absolute atomic E-state index is 7.19. The average Bonchev–Trinajstić information content (AvgIpc) is 3.11. The highest BCUT2D eigenvalue weighted by Gasteiger charge is 3.07. The molecule has 3 heterocycles. The zero-order chi connectivity index (χ0) is 13.2. The second kappa shape index (κ2) is 2.55. The van der Waals surface area contributed by atoms with Crippen LogP contribution in [0.3, 0.4) is 0 Å². The highest BCUT2D eigenvalue weighted by atomic mass is 16.7. The Hall–Kier alpha value is -0.0800. The van der Waals surface area contributed by atoms with Gasteiger partial charge in [0.1, 0.15) is 0 Å². The van der Waals surface area contributed by atoms with Crippen molar-refractivity contribution in [2.24, 2.45) is 46.3 Å². The van der Waals surface area contributed by atoms with Crippen molar-refractivity contribution in [1.29, 1.82) is 0 Å². The van der Waals surface area contributed by atoms with E-state index in [-0.39, 0.29) is 5.79 Å². The van der Waals surface area contributed by atoms with E-state index in [1.165, 1.54) is 44.9 Å². The van der Waals surface area contributed by atoms with Crippen molar-refractivity contribution >= 4 is 0 Å². The molecule has 3 aliphatic heterocycles. The minimum Gasteiger partial charge on any atom is -0.349 e. The summed E-state index contributed by atoms with van der Waals surface area (Å²) in [5, 5.41) is 0. The van der Waals surface area contributed by atoms with Crippen molar-refractivity contribution < 1.29 is 9.47 Å². The smallest absolute Gasteiger partial charge is 0.178 e. The first-order valence-electron chi connectivity index (χ1n) is 9.68. The molecule has 9 fully saturated rings. The molecular formula is C19H24O2. The van der Waals surface area contributed by atoms with Gasteiger partial charge in [0.15, 0.2) is 5.79 Å². The highest BCUT2D eigenvalue weighted by Crippen LogP contribution is 3.04. The fraction of sp³-hybridized carbons (Fsp3) is 1.00. The Balaban J connectivity index is 1.54. The van der Waals surface area contributed by atoms with Gasteiger partial charge in [0.05, 0.1) is 12.2 Å². The second-order valence-electron chi connectivity index (χ2n) is 9.78. The van der Waals surface area contributed by atoms with Crippen LogP contribution in [0.5, 0.6) is 0 Å². The molecule has 0 N–H and O–H groups in total. The lowest BCUT2D eigenvalue weighted by Crippen LogP contribution is -2.70. The van der Waals surface area contributed by atoms with Gasteiger partial charge in [-0.05, 0) is 61.7 Å². The zero-order valence-electron chi connectivity index (χ0n) is 12.6. The number of rotatable bonds is 0. The minimum absolute atomic E-state index is 0.0877. The number of hydrogen-bond donors (Lipinski definition) is 0. The quantitative estimate of drug-likeness (QED) is 0.679. The summed E-state index contributed by atoms with van der Waals surface area (Å²) in [5.41, 5.74) is 1.37. The molecule has 21 heavy (non-hydrogen) atoms. The Morgan fingerprint density at radius 2 is 1.48 bits per heavy atom. The van der Waals surface area contributed by atoms with Gasteiger partial charge in [0.2, 0.25) is 0 Å². The Morgan fingerprint density at radius 1 is 0.714 bits per heavy atom. The molecule has 8 unspecified atom stereocenters. The van der Waals surface area contributed by atoms with Crippen molar-refractivity contribution in [3.63, 3.8) is 0 Å². The topological polar surface area (TPSA) is 18.5 Å². The van der Waals surface area contributed by atoms with E-state index in [0.29, 0.717) is 16.4 Å². The zero-order valence-corrected chi connectivity index (χ0v) is 12.6. The third-order valence-corrected chi connectivity index (χ3v) is 10.4. The molecule has 0 aromatic heterocycles. The first-order chi connectivity index (χ1) is 10.3. The maximum Gasteiger partial charge on any atom is 0.178 e. The van der Waals surface area contributed by atoms with Gasteiger partial charge in [-0.1, -0.05) is 19.3 Å². The standard InChI is InChI=1S/C19H24O2/c1-2-7-18-14-10-9-11-13-12(10)16(18,5-1)17(13)6-3-4-8-20-19(17,21-18)15(11)14/h10-15H,1-9H2/t10?,11?,12?,13?,14?,15?,16-,17+,18?,19?/m0/s1. The molecule has 4 spiro atoms. The van der Waals surface area contributed by atoms with Crippen molar-refractivity contribution in [3.8, 4) is 0 Å². The van der Waals surface area contributed by atoms with Crippen LogP contribution < -0.4 is 0 Å². The minimum atomic E-state index is -0.0877.